The maximum absolute atomic E-state index is 11.0. The molecule has 96 valence electrons. The van der Waals surface area contributed by atoms with Gasteiger partial charge in [-0.25, -0.2) is 9.78 Å². The molecule has 6 heteroatoms. The highest BCUT2D eigenvalue weighted by atomic mass is 16.4. The molecule has 19 heavy (non-hydrogen) atoms. The fourth-order valence-corrected chi connectivity index (χ4v) is 1.93. The second kappa shape index (κ2) is 4.25. The summed E-state index contributed by atoms with van der Waals surface area (Å²) in [5, 5.41) is 19.2. The van der Waals surface area contributed by atoms with Crippen molar-refractivity contribution in [2.24, 2.45) is 0 Å². The third-order valence-electron chi connectivity index (χ3n) is 2.84. The number of pyridine rings is 1. The van der Waals surface area contributed by atoms with Gasteiger partial charge in [0.05, 0.1) is 12.0 Å². The molecule has 0 bridgehead atoms. The van der Waals surface area contributed by atoms with Gasteiger partial charge in [-0.1, -0.05) is 6.07 Å². The van der Waals surface area contributed by atoms with Crippen molar-refractivity contribution in [3.8, 4) is 0 Å². The van der Waals surface area contributed by atoms with Crippen molar-refractivity contribution in [1.29, 1.82) is 0 Å². The van der Waals surface area contributed by atoms with E-state index in [0.29, 0.717) is 11.3 Å². The summed E-state index contributed by atoms with van der Waals surface area (Å²) in [5.74, 6) is -1.16. The van der Waals surface area contributed by atoms with E-state index in [9.17, 15) is 9.90 Å². The summed E-state index contributed by atoms with van der Waals surface area (Å²) in [4.78, 5) is 15.2. The highest BCUT2D eigenvalue weighted by Gasteiger charge is 2.24. The number of carboxylic acids is 1. The average molecular weight is 258 g/mol. The van der Waals surface area contributed by atoms with Crippen molar-refractivity contribution in [3.63, 3.8) is 0 Å². The Morgan fingerprint density at radius 2 is 2.21 bits per heavy atom. The number of aliphatic hydroxyl groups is 1. The average Bonchev–Trinajstić information content (AvgIpc) is 3.04. The summed E-state index contributed by atoms with van der Waals surface area (Å²) in [6.45, 7) is 0. The van der Waals surface area contributed by atoms with Crippen molar-refractivity contribution in [1.82, 2.24) is 9.38 Å². The maximum atomic E-state index is 11.0. The van der Waals surface area contributed by atoms with Gasteiger partial charge in [-0.15, -0.1) is 0 Å². The van der Waals surface area contributed by atoms with Crippen LogP contribution in [0.2, 0.25) is 0 Å². The molecule has 0 aromatic carbocycles. The molecule has 3 rings (SSSR count). The Morgan fingerprint density at radius 1 is 1.37 bits per heavy atom. The third-order valence-corrected chi connectivity index (χ3v) is 2.84. The van der Waals surface area contributed by atoms with Crippen LogP contribution < -0.4 is 0 Å². The zero-order valence-corrected chi connectivity index (χ0v) is 9.72. The molecule has 0 saturated heterocycles. The van der Waals surface area contributed by atoms with E-state index >= 15 is 0 Å². The predicted octanol–water partition coefficient (Wildman–Crippen LogP) is 1.71. The van der Waals surface area contributed by atoms with Crippen molar-refractivity contribution in [3.05, 3.63) is 59.9 Å². The van der Waals surface area contributed by atoms with Crippen LogP contribution in [0.15, 0.2) is 47.3 Å². The smallest absolute Gasteiger partial charge is 0.339 e. The number of hydrogen-bond donors (Lipinski definition) is 2. The first-order chi connectivity index (χ1) is 9.16. The zero-order chi connectivity index (χ0) is 13.4. The van der Waals surface area contributed by atoms with Crippen LogP contribution in [0.1, 0.15) is 27.9 Å². The van der Waals surface area contributed by atoms with Crippen LogP contribution in [0.4, 0.5) is 0 Å². The van der Waals surface area contributed by atoms with Gasteiger partial charge < -0.3 is 19.0 Å². The van der Waals surface area contributed by atoms with Crippen LogP contribution in [0.5, 0.6) is 0 Å². The first-order valence-corrected chi connectivity index (χ1v) is 5.59. The van der Waals surface area contributed by atoms with E-state index in [1.807, 2.05) is 12.1 Å². The lowest BCUT2D eigenvalue weighted by Crippen LogP contribution is -2.05. The highest BCUT2D eigenvalue weighted by molar-refractivity contribution is 5.88. The summed E-state index contributed by atoms with van der Waals surface area (Å²) in [5.41, 5.74) is 0.938. The Morgan fingerprint density at radius 3 is 2.95 bits per heavy atom. The minimum Gasteiger partial charge on any atom is -0.478 e. The third kappa shape index (κ3) is 1.88. The van der Waals surface area contributed by atoms with Gasteiger partial charge in [-0.2, -0.15) is 0 Å². The summed E-state index contributed by atoms with van der Waals surface area (Å²) >= 11 is 0. The minimum absolute atomic E-state index is 0.0177. The highest BCUT2D eigenvalue weighted by Crippen LogP contribution is 2.25. The molecule has 1 unspecified atom stereocenters. The number of aromatic nitrogens is 2. The number of nitrogens with zero attached hydrogens (tertiary/aromatic N) is 2. The van der Waals surface area contributed by atoms with Crippen LogP contribution in [0.25, 0.3) is 5.65 Å². The summed E-state index contributed by atoms with van der Waals surface area (Å²) < 4.78 is 6.80. The fourth-order valence-electron chi connectivity index (χ4n) is 1.93. The van der Waals surface area contributed by atoms with E-state index in [2.05, 4.69) is 4.98 Å². The largest absolute Gasteiger partial charge is 0.478 e. The van der Waals surface area contributed by atoms with Crippen molar-refractivity contribution in [2.45, 2.75) is 6.10 Å². The molecule has 0 fully saturated rings. The standard InChI is InChI=1S/C13H10N2O4/c16-11(12-8(13(17)18)4-6-19-12)9-7-15-5-2-1-3-10(15)14-9/h1-7,11,16H,(H,17,18). The first-order valence-electron chi connectivity index (χ1n) is 5.59. The van der Waals surface area contributed by atoms with E-state index in [-0.39, 0.29) is 11.3 Å². The molecule has 0 spiro atoms. The molecule has 0 aliphatic carbocycles. The Hall–Kier alpha value is -2.60. The van der Waals surface area contributed by atoms with Gasteiger partial charge in [-0.05, 0) is 18.2 Å². The number of hydrogen-bond acceptors (Lipinski definition) is 4. The molecule has 3 aromatic heterocycles. The molecule has 1 atom stereocenters. The SMILES string of the molecule is O=C(O)c1ccoc1C(O)c1cn2ccccc2n1. The van der Waals surface area contributed by atoms with E-state index < -0.39 is 12.1 Å². The molecular weight excluding hydrogens is 248 g/mol. The molecule has 6 nitrogen and oxygen atoms in total. The molecule has 0 radical (unpaired) electrons. The Balaban J connectivity index is 2.05. The Kier molecular flexibility index (Phi) is 2.57. The van der Waals surface area contributed by atoms with Gasteiger partial charge in [0.2, 0.25) is 0 Å². The summed E-state index contributed by atoms with van der Waals surface area (Å²) in [7, 11) is 0. The quantitative estimate of drug-likeness (QED) is 0.746. The van der Waals surface area contributed by atoms with E-state index in [1.165, 1.54) is 12.3 Å². The van der Waals surface area contributed by atoms with E-state index in [0.717, 1.165) is 0 Å². The fraction of sp³-hybridized carbons (Fsp3) is 0.0769. The van der Waals surface area contributed by atoms with Crippen molar-refractivity contribution in [2.75, 3.05) is 0 Å². The van der Waals surface area contributed by atoms with Gasteiger partial charge in [0, 0.05) is 12.4 Å². The summed E-state index contributed by atoms with van der Waals surface area (Å²) in [6, 6.07) is 6.75. The van der Waals surface area contributed by atoms with Crippen molar-refractivity contribution < 1.29 is 19.4 Å². The molecule has 3 heterocycles. The zero-order valence-electron chi connectivity index (χ0n) is 9.72. The topological polar surface area (TPSA) is 88.0 Å². The van der Waals surface area contributed by atoms with E-state index in [4.69, 9.17) is 9.52 Å². The lowest BCUT2D eigenvalue weighted by Gasteiger charge is -2.05. The lowest BCUT2D eigenvalue weighted by molar-refractivity contribution is 0.0687. The van der Waals surface area contributed by atoms with Crippen LogP contribution >= 0.6 is 0 Å². The number of aromatic carboxylic acids is 1. The number of rotatable bonds is 3. The van der Waals surface area contributed by atoms with Gasteiger partial charge in [0.1, 0.15) is 11.2 Å². The van der Waals surface area contributed by atoms with Crippen LogP contribution in [0, 0.1) is 0 Å². The Labute approximate surface area is 107 Å². The number of aliphatic hydroxyl groups excluding tert-OH is 1. The molecular formula is C13H10N2O4. The van der Waals surface area contributed by atoms with Crippen LogP contribution in [-0.2, 0) is 0 Å². The Bertz CT molecular complexity index is 711. The van der Waals surface area contributed by atoms with Gasteiger partial charge in [0.25, 0.3) is 0 Å². The molecule has 2 N–H and O–H groups in total. The van der Waals surface area contributed by atoms with Crippen LogP contribution in [0.3, 0.4) is 0 Å². The minimum atomic E-state index is -1.21. The van der Waals surface area contributed by atoms with Crippen LogP contribution in [-0.4, -0.2) is 25.6 Å². The lowest BCUT2D eigenvalue weighted by atomic mass is 10.1. The number of imidazole rings is 1. The monoisotopic (exact) mass is 258 g/mol. The molecule has 0 aliphatic heterocycles. The number of furan rings is 1. The first kappa shape index (κ1) is 11.5. The van der Waals surface area contributed by atoms with Crippen molar-refractivity contribution >= 4 is 11.6 Å². The van der Waals surface area contributed by atoms with Gasteiger partial charge in [-0.3, -0.25) is 0 Å². The normalized spacial score (nSPS) is 12.7. The predicted molar refractivity (Wildman–Crippen MR) is 64.9 cm³/mol. The molecule has 0 aliphatic rings. The molecule has 0 saturated carbocycles. The van der Waals surface area contributed by atoms with Gasteiger partial charge in [0.15, 0.2) is 11.9 Å². The second-order valence-electron chi connectivity index (χ2n) is 4.04. The number of carbonyl (C=O) groups is 1. The van der Waals surface area contributed by atoms with Gasteiger partial charge >= 0.3 is 5.97 Å². The number of fused-ring (bicyclic) bond motifs is 1. The molecule has 0 amide bonds. The number of carboxylic acid groups (broad SMARTS) is 1. The molecule has 3 aromatic rings. The second-order valence-corrected chi connectivity index (χ2v) is 4.04. The summed E-state index contributed by atoms with van der Waals surface area (Å²) in [6.07, 6.45) is 3.45. The van der Waals surface area contributed by atoms with E-state index in [1.54, 1.807) is 22.9 Å². The maximum Gasteiger partial charge on any atom is 0.339 e.